The molecule has 140 valence electrons. The zero-order valence-electron chi connectivity index (χ0n) is 15.4. The highest BCUT2D eigenvalue weighted by Gasteiger charge is 2.12. The minimum atomic E-state index is -0.219. The van der Waals surface area contributed by atoms with Gasteiger partial charge in [-0.2, -0.15) is 0 Å². The highest BCUT2D eigenvalue weighted by Crippen LogP contribution is 2.32. The third-order valence-electron chi connectivity index (χ3n) is 4.20. The molecule has 0 aliphatic carbocycles. The second-order valence-electron chi connectivity index (χ2n) is 6.19. The third kappa shape index (κ3) is 4.02. The van der Waals surface area contributed by atoms with E-state index >= 15 is 0 Å². The van der Waals surface area contributed by atoms with E-state index in [1.807, 2.05) is 66.0 Å². The molecule has 6 heteroatoms. The lowest BCUT2D eigenvalue weighted by Gasteiger charge is -2.11. The number of rotatable bonds is 6. The summed E-state index contributed by atoms with van der Waals surface area (Å²) in [6.45, 7) is 2.20. The van der Waals surface area contributed by atoms with Crippen LogP contribution in [0.25, 0.3) is 21.6 Å². The Morgan fingerprint density at radius 2 is 1.75 bits per heavy atom. The summed E-state index contributed by atoms with van der Waals surface area (Å²) in [4.78, 5) is 22.3. The minimum Gasteiger partial charge on any atom is -0.466 e. The van der Waals surface area contributed by atoms with Crippen molar-refractivity contribution in [2.45, 2.75) is 13.3 Å². The van der Waals surface area contributed by atoms with E-state index in [2.05, 4.69) is 5.32 Å². The van der Waals surface area contributed by atoms with Gasteiger partial charge in [0, 0.05) is 5.69 Å². The number of hydrogen-bond acceptors (Lipinski definition) is 6. The summed E-state index contributed by atoms with van der Waals surface area (Å²) in [5, 5.41) is 5.40. The van der Waals surface area contributed by atoms with Crippen molar-refractivity contribution >= 4 is 39.8 Å². The first-order valence-corrected chi connectivity index (χ1v) is 9.93. The number of nitrogens with zero attached hydrogens (tertiary/aromatic N) is 2. The number of anilines is 2. The van der Waals surface area contributed by atoms with Crippen molar-refractivity contribution in [2.75, 3.05) is 11.9 Å². The number of ether oxygens (including phenoxy) is 1. The highest BCUT2D eigenvalue weighted by atomic mass is 32.1. The molecule has 4 rings (SSSR count). The lowest BCUT2D eigenvalue weighted by molar-refractivity contribution is -0.142. The second-order valence-corrected chi connectivity index (χ2v) is 7.14. The number of thiophene rings is 1. The molecule has 0 aliphatic rings. The van der Waals surface area contributed by atoms with E-state index in [1.54, 1.807) is 18.3 Å². The molecule has 0 saturated heterocycles. The van der Waals surface area contributed by atoms with Gasteiger partial charge in [-0.1, -0.05) is 30.3 Å². The summed E-state index contributed by atoms with van der Waals surface area (Å²) in [6.07, 6.45) is 0.268. The van der Waals surface area contributed by atoms with Crippen LogP contribution in [0, 0.1) is 0 Å². The fourth-order valence-corrected chi connectivity index (χ4v) is 3.61. The Morgan fingerprint density at radius 3 is 2.43 bits per heavy atom. The summed E-state index contributed by atoms with van der Waals surface area (Å²) in [5.41, 5.74) is 4.32. The molecule has 2 aromatic heterocycles. The number of para-hydroxylation sites is 2. The van der Waals surface area contributed by atoms with Crippen molar-refractivity contribution in [3.63, 3.8) is 0 Å². The molecule has 1 N–H and O–H groups in total. The van der Waals surface area contributed by atoms with Crippen LogP contribution in [0.4, 0.5) is 11.5 Å². The highest BCUT2D eigenvalue weighted by molar-refractivity contribution is 7.13. The fourth-order valence-electron chi connectivity index (χ4n) is 2.89. The molecule has 2 heterocycles. The van der Waals surface area contributed by atoms with Crippen LogP contribution >= 0.6 is 11.3 Å². The Kier molecular flexibility index (Phi) is 5.30. The van der Waals surface area contributed by atoms with Gasteiger partial charge in [-0.3, -0.25) is 4.79 Å². The molecule has 4 aromatic rings. The molecule has 0 radical (unpaired) electrons. The second kappa shape index (κ2) is 8.19. The Balaban J connectivity index is 1.63. The summed E-state index contributed by atoms with van der Waals surface area (Å²) in [6, 6.07) is 19.6. The number of esters is 1. The van der Waals surface area contributed by atoms with Gasteiger partial charge in [-0.15, -0.1) is 11.3 Å². The predicted octanol–water partition coefficient (Wildman–Crippen LogP) is 5.21. The summed E-state index contributed by atoms with van der Waals surface area (Å²) in [7, 11) is 0. The Bertz CT molecular complexity index is 1090. The van der Waals surface area contributed by atoms with E-state index in [9.17, 15) is 4.79 Å². The molecule has 0 spiro atoms. The van der Waals surface area contributed by atoms with Crippen LogP contribution in [0.15, 0.2) is 66.0 Å². The lowest BCUT2D eigenvalue weighted by atomic mass is 10.1. The monoisotopic (exact) mass is 389 g/mol. The van der Waals surface area contributed by atoms with Crippen molar-refractivity contribution in [1.82, 2.24) is 9.97 Å². The molecule has 0 aliphatic heterocycles. The first kappa shape index (κ1) is 18.1. The van der Waals surface area contributed by atoms with E-state index in [-0.39, 0.29) is 12.4 Å². The molecule has 0 fully saturated rings. The van der Waals surface area contributed by atoms with Crippen LogP contribution in [0.5, 0.6) is 0 Å². The Morgan fingerprint density at radius 1 is 1.00 bits per heavy atom. The van der Waals surface area contributed by atoms with Gasteiger partial charge in [-0.05, 0) is 48.2 Å². The Hall–Kier alpha value is -3.25. The predicted molar refractivity (Wildman–Crippen MR) is 113 cm³/mol. The van der Waals surface area contributed by atoms with Crippen LogP contribution < -0.4 is 5.32 Å². The molecule has 0 amide bonds. The van der Waals surface area contributed by atoms with Gasteiger partial charge >= 0.3 is 5.97 Å². The molecule has 0 unspecified atom stereocenters. The van der Waals surface area contributed by atoms with E-state index < -0.39 is 0 Å². The van der Waals surface area contributed by atoms with Crippen LogP contribution in [-0.2, 0) is 16.0 Å². The van der Waals surface area contributed by atoms with Crippen LogP contribution in [-0.4, -0.2) is 22.5 Å². The van der Waals surface area contributed by atoms with Crippen molar-refractivity contribution in [2.24, 2.45) is 0 Å². The fraction of sp³-hybridized carbons (Fsp3) is 0.136. The Labute approximate surface area is 167 Å². The minimum absolute atomic E-state index is 0.219. The molecular formula is C22H19N3O2S. The molecule has 0 bridgehead atoms. The van der Waals surface area contributed by atoms with Gasteiger partial charge in [0.1, 0.15) is 5.69 Å². The van der Waals surface area contributed by atoms with Crippen molar-refractivity contribution in [3.8, 4) is 10.6 Å². The largest absolute Gasteiger partial charge is 0.466 e. The number of nitrogens with one attached hydrogen (secondary N) is 1. The van der Waals surface area contributed by atoms with Crippen molar-refractivity contribution in [3.05, 3.63) is 71.6 Å². The molecule has 2 aromatic carbocycles. The number of carbonyl (C=O) groups excluding carboxylic acids is 1. The van der Waals surface area contributed by atoms with Gasteiger partial charge in [0.15, 0.2) is 5.82 Å². The maximum atomic E-state index is 11.6. The average molecular weight is 389 g/mol. The number of aromatic nitrogens is 2. The average Bonchev–Trinajstić information content (AvgIpc) is 3.24. The van der Waals surface area contributed by atoms with Crippen molar-refractivity contribution in [1.29, 1.82) is 0 Å². The zero-order chi connectivity index (χ0) is 19.3. The number of carbonyl (C=O) groups is 1. The van der Waals surface area contributed by atoms with Crippen LogP contribution in [0.2, 0.25) is 0 Å². The SMILES string of the molecule is CCOC(=O)Cc1ccc(Nc2nc3ccccc3nc2-c2cccs2)cc1. The first-order chi connectivity index (χ1) is 13.7. The van der Waals surface area contributed by atoms with Crippen LogP contribution in [0.1, 0.15) is 12.5 Å². The van der Waals surface area contributed by atoms with Gasteiger partial charge in [-0.25, -0.2) is 9.97 Å². The van der Waals surface area contributed by atoms with E-state index in [1.165, 1.54) is 0 Å². The van der Waals surface area contributed by atoms with Crippen LogP contribution in [0.3, 0.4) is 0 Å². The topological polar surface area (TPSA) is 64.1 Å². The quantitative estimate of drug-likeness (QED) is 0.459. The molecular weight excluding hydrogens is 370 g/mol. The van der Waals surface area contributed by atoms with E-state index in [4.69, 9.17) is 14.7 Å². The zero-order valence-corrected chi connectivity index (χ0v) is 16.2. The van der Waals surface area contributed by atoms with Crippen molar-refractivity contribution < 1.29 is 9.53 Å². The number of hydrogen-bond donors (Lipinski definition) is 1. The molecule has 0 saturated carbocycles. The smallest absolute Gasteiger partial charge is 0.310 e. The number of benzene rings is 2. The van der Waals surface area contributed by atoms with Gasteiger partial charge in [0.25, 0.3) is 0 Å². The number of fused-ring (bicyclic) bond motifs is 1. The molecule has 0 atom stereocenters. The summed E-state index contributed by atoms with van der Waals surface area (Å²) in [5.74, 6) is 0.489. The standard InChI is InChI=1S/C22H19N3O2S/c1-2-27-20(26)14-15-9-11-16(12-10-15)23-22-21(19-8-5-13-28-19)24-17-6-3-4-7-18(17)25-22/h3-13H,2,14H2,1H3,(H,23,25). The summed E-state index contributed by atoms with van der Waals surface area (Å²) < 4.78 is 5.00. The van der Waals surface area contributed by atoms with E-state index in [0.29, 0.717) is 12.4 Å². The summed E-state index contributed by atoms with van der Waals surface area (Å²) >= 11 is 1.63. The molecule has 5 nitrogen and oxygen atoms in total. The van der Waals surface area contributed by atoms with Gasteiger partial charge in [0.2, 0.25) is 0 Å². The first-order valence-electron chi connectivity index (χ1n) is 9.05. The molecule has 28 heavy (non-hydrogen) atoms. The lowest BCUT2D eigenvalue weighted by Crippen LogP contribution is -2.07. The van der Waals surface area contributed by atoms with E-state index in [0.717, 1.165) is 32.9 Å². The maximum absolute atomic E-state index is 11.6. The maximum Gasteiger partial charge on any atom is 0.310 e. The van der Waals surface area contributed by atoms with Gasteiger partial charge in [0.05, 0.1) is 28.9 Å². The normalized spacial score (nSPS) is 10.8. The third-order valence-corrected chi connectivity index (χ3v) is 5.07. The van der Waals surface area contributed by atoms with Gasteiger partial charge < -0.3 is 10.1 Å².